The summed E-state index contributed by atoms with van der Waals surface area (Å²) in [5.41, 5.74) is -0.0396. The van der Waals surface area contributed by atoms with Gasteiger partial charge in [0, 0.05) is 37.9 Å². The molecule has 0 unspecified atom stereocenters. The number of aliphatic imine (C=N–C) groups is 1. The van der Waals surface area contributed by atoms with Crippen molar-refractivity contribution in [1.82, 2.24) is 24.4 Å². The van der Waals surface area contributed by atoms with E-state index in [2.05, 4.69) is 19.9 Å². The maximum absolute atomic E-state index is 13.8. The highest BCUT2D eigenvalue weighted by Crippen LogP contribution is 2.45. The first-order chi connectivity index (χ1) is 19.0. The van der Waals surface area contributed by atoms with Crippen molar-refractivity contribution in [3.63, 3.8) is 0 Å². The summed E-state index contributed by atoms with van der Waals surface area (Å²) < 4.78 is 67.8. The summed E-state index contributed by atoms with van der Waals surface area (Å²) >= 11 is 0. The van der Waals surface area contributed by atoms with E-state index >= 15 is 0 Å². The second kappa shape index (κ2) is 9.68. The zero-order chi connectivity index (χ0) is 28.2. The van der Waals surface area contributed by atoms with E-state index < -0.39 is 42.1 Å². The van der Waals surface area contributed by atoms with Gasteiger partial charge in [0.15, 0.2) is 17.8 Å². The van der Waals surface area contributed by atoms with Crippen LogP contribution in [0.1, 0.15) is 25.6 Å². The monoisotopic (exact) mass is 556 g/mol. The molecule has 2 aliphatic heterocycles. The average Bonchev–Trinajstić information content (AvgIpc) is 3.56. The Morgan fingerprint density at radius 1 is 1.10 bits per heavy atom. The third kappa shape index (κ3) is 4.84. The van der Waals surface area contributed by atoms with E-state index in [1.807, 2.05) is 30.9 Å². The Kier molecular flexibility index (Phi) is 6.39. The zero-order valence-corrected chi connectivity index (χ0v) is 22.2. The van der Waals surface area contributed by atoms with Crippen molar-refractivity contribution >= 4 is 34.1 Å². The minimum atomic E-state index is -4.57. The SMILES string of the molecule is CN(C)/C=N/c1ncnc2c1ccn2[C@@H]1O[C@H](COc2cc(C(F)(F)F)c3cccnc3c2)[C@H]2OC(C)(C)O[C@H]21. The smallest absolute Gasteiger partial charge is 0.417 e. The first-order valence-corrected chi connectivity index (χ1v) is 12.6. The predicted molar refractivity (Wildman–Crippen MR) is 139 cm³/mol. The molecule has 4 atom stereocenters. The van der Waals surface area contributed by atoms with E-state index in [0.29, 0.717) is 11.5 Å². The topological polar surface area (TPSA) is 96.1 Å². The van der Waals surface area contributed by atoms with Crippen LogP contribution < -0.4 is 4.74 Å². The first-order valence-electron chi connectivity index (χ1n) is 12.6. The van der Waals surface area contributed by atoms with Gasteiger partial charge in [-0.25, -0.2) is 15.0 Å². The van der Waals surface area contributed by atoms with Crippen LogP contribution in [0.25, 0.3) is 21.9 Å². The Balaban J connectivity index is 1.29. The lowest BCUT2D eigenvalue weighted by Crippen LogP contribution is -2.34. The van der Waals surface area contributed by atoms with Crippen molar-refractivity contribution < 1.29 is 32.1 Å². The van der Waals surface area contributed by atoms with Gasteiger partial charge < -0.3 is 28.4 Å². The van der Waals surface area contributed by atoms with Crippen molar-refractivity contribution in [2.75, 3.05) is 20.7 Å². The summed E-state index contributed by atoms with van der Waals surface area (Å²) in [6.07, 6.45) is -0.571. The number of halogens is 3. The van der Waals surface area contributed by atoms with Gasteiger partial charge in [-0.1, -0.05) is 6.07 Å². The molecule has 0 radical (unpaired) electrons. The van der Waals surface area contributed by atoms with Gasteiger partial charge >= 0.3 is 6.18 Å². The number of alkyl halides is 3. The number of rotatable bonds is 6. The van der Waals surface area contributed by atoms with E-state index in [-0.39, 0.29) is 23.3 Å². The molecule has 2 saturated heterocycles. The number of fused-ring (bicyclic) bond motifs is 3. The fourth-order valence-electron chi connectivity index (χ4n) is 5.11. The second-order valence-corrected chi connectivity index (χ2v) is 10.3. The van der Waals surface area contributed by atoms with Crippen LogP contribution in [0.5, 0.6) is 5.75 Å². The maximum Gasteiger partial charge on any atom is 0.417 e. The summed E-state index contributed by atoms with van der Waals surface area (Å²) in [4.78, 5) is 19.0. The highest BCUT2D eigenvalue weighted by Gasteiger charge is 2.56. The molecular weight excluding hydrogens is 529 g/mol. The number of aromatic nitrogens is 4. The van der Waals surface area contributed by atoms with Gasteiger partial charge in [0.1, 0.15) is 42.6 Å². The van der Waals surface area contributed by atoms with Crippen molar-refractivity contribution in [2.45, 2.75) is 50.4 Å². The zero-order valence-electron chi connectivity index (χ0n) is 22.2. The third-order valence-corrected chi connectivity index (χ3v) is 6.71. The van der Waals surface area contributed by atoms with Crippen LogP contribution in [0, 0.1) is 0 Å². The van der Waals surface area contributed by atoms with Gasteiger partial charge in [-0.05, 0) is 32.0 Å². The molecule has 0 bridgehead atoms. The molecule has 13 heteroatoms. The molecule has 0 spiro atoms. The van der Waals surface area contributed by atoms with Gasteiger partial charge in [-0.3, -0.25) is 4.98 Å². The molecule has 4 aromatic rings. The normalized spacial score (nSPS) is 24.3. The fraction of sp³-hybridized carbons (Fsp3) is 0.407. The number of pyridine rings is 1. The van der Waals surface area contributed by atoms with Crippen LogP contribution in [-0.2, 0) is 20.4 Å². The molecule has 6 rings (SSSR count). The molecule has 1 aromatic carbocycles. The Morgan fingerprint density at radius 3 is 2.67 bits per heavy atom. The molecular formula is C27H27F3N6O4. The van der Waals surface area contributed by atoms with E-state index in [9.17, 15) is 13.2 Å². The van der Waals surface area contributed by atoms with Crippen LogP contribution in [-0.4, -0.2) is 75.6 Å². The molecule has 10 nitrogen and oxygen atoms in total. The van der Waals surface area contributed by atoms with Gasteiger partial charge in [-0.15, -0.1) is 0 Å². The van der Waals surface area contributed by atoms with Crippen LogP contribution in [0.4, 0.5) is 19.0 Å². The molecule has 5 heterocycles. The molecule has 0 amide bonds. The van der Waals surface area contributed by atoms with Crippen LogP contribution in [0.2, 0.25) is 0 Å². The Morgan fingerprint density at radius 2 is 1.90 bits per heavy atom. The third-order valence-electron chi connectivity index (χ3n) is 6.71. The van der Waals surface area contributed by atoms with Gasteiger partial charge in [0.25, 0.3) is 0 Å². The summed E-state index contributed by atoms with van der Waals surface area (Å²) in [5.74, 6) is -0.366. The quantitative estimate of drug-likeness (QED) is 0.249. The van der Waals surface area contributed by atoms with Crippen LogP contribution in [0.15, 0.2) is 54.0 Å². The van der Waals surface area contributed by atoms with E-state index in [4.69, 9.17) is 18.9 Å². The van der Waals surface area contributed by atoms with Gasteiger partial charge in [-0.2, -0.15) is 13.2 Å². The van der Waals surface area contributed by atoms with E-state index in [1.165, 1.54) is 30.7 Å². The number of benzene rings is 1. The first kappa shape index (κ1) is 26.4. The maximum atomic E-state index is 13.8. The second-order valence-electron chi connectivity index (χ2n) is 10.3. The Hall–Kier alpha value is -3.81. The number of ether oxygens (including phenoxy) is 4. The highest BCUT2D eigenvalue weighted by atomic mass is 19.4. The largest absolute Gasteiger partial charge is 0.491 e. The molecule has 3 aromatic heterocycles. The molecule has 0 N–H and O–H groups in total. The molecule has 0 saturated carbocycles. The fourth-order valence-corrected chi connectivity index (χ4v) is 5.11. The molecule has 2 aliphatic rings. The number of hydrogen-bond donors (Lipinski definition) is 0. The minimum Gasteiger partial charge on any atom is -0.491 e. The van der Waals surface area contributed by atoms with Crippen LogP contribution >= 0.6 is 0 Å². The molecule has 0 aliphatic carbocycles. The lowest BCUT2D eigenvalue weighted by molar-refractivity contribution is -0.198. The van der Waals surface area contributed by atoms with Crippen molar-refractivity contribution in [3.05, 3.63) is 54.6 Å². The standard InChI is InChI=1S/C27H27F3N6O4/c1-26(2)39-21-20(12-37-15-10-18(27(28,29)30)16-6-5-8-31-19(16)11-15)38-25(22(21)40-26)36-9-7-17-23(34-14-35(3)4)32-13-33-24(17)36/h5-11,13-14,20-22,25H,12H2,1-4H3/b34-14+/t20-,21-,22-,25-/m1/s1. The van der Waals surface area contributed by atoms with Crippen molar-refractivity contribution in [1.29, 1.82) is 0 Å². The number of hydrogen-bond acceptors (Lipinski definition) is 8. The predicted octanol–water partition coefficient (Wildman–Crippen LogP) is 4.72. The highest BCUT2D eigenvalue weighted by molar-refractivity contribution is 5.87. The average molecular weight is 557 g/mol. The summed E-state index contributed by atoms with van der Waals surface area (Å²) in [6.45, 7) is 3.53. The van der Waals surface area contributed by atoms with Crippen molar-refractivity contribution in [2.24, 2.45) is 4.99 Å². The number of nitrogens with zero attached hydrogens (tertiary/aromatic N) is 6. The lowest BCUT2D eigenvalue weighted by Gasteiger charge is -2.25. The Labute approximate surface area is 227 Å². The molecule has 40 heavy (non-hydrogen) atoms. The van der Waals surface area contributed by atoms with Crippen LogP contribution in [0.3, 0.4) is 0 Å². The van der Waals surface area contributed by atoms with Gasteiger partial charge in [0.05, 0.1) is 22.8 Å². The molecule has 2 fully saturated rings. The minimum absolute atomic E-state index is 0.00429. The van der Waals surface area contributed by atoms with E-state index in [0.717, 1.165) is 11.5 Å². The summed E-state index contributed by atoms with van der Waals surface area (Å²) in [5, 5.41) is 0.728. The van der Waals surface area contributed by atoms with Crippen molar-refractivity contribution in [3.8, 4) is 5.75 Å². The lowest BCUT2D eigenvalue weighted by atomic mass is 10.1. The van der Waals surface area contributed by atoms with Gasteiger partial charge in [0.2, 0.25) is 0 Å². The van der Waals surface area contributed by atoms with E-state index in [1.54, 1.807) is 25.1 Å². The Bertz CT molecular complexity index is 1590. The summed E-state index contributed by atoms with van der Waals surface area (Å²) in [6, 6.07) is 7.17. The summed E-state index contributed by atoms with van der Waals surface area (Å²) in [7, 11) is 3.72. The molecule has 210 valence electrons.